The van der Waals surface area contributed by atoms with Crippen molar-refractivity contribution in [1.29, 1.82) is 0 Å². The van der Waals surface area contributed by atoms with Crippen LogP contribution in [0.3, 0.4) is 0 Å². The van der Waals surface area contributed by atoms with Gasteiger partial charge in [0, 0.05) is 6.07 Å². The number of H-pyrrole nitrogens is 1. The lowest BCUT2D eigenvalue weighted by Crippen LogP contribution is -2.14. The van der Waals surface area contributed by atoms with Crippen LogP contribution in [0.25, 0.3) is 11.0 Å². The van der Waals surface area contributed by atoms with Crippen molar-refractivity contribution in [3.05, 3.63) is 42.2 Å². The highest BCUT2D eigenvalue weighted by molar-refractivity contribution is 7.92. The number of halogens is 1. The molecule has 0 spiro atoms. The van der Waals surface area contributed by atoms with Crippen LogP contribution in [0, 0.1) is 11.7 Å². The molecule has 2 aromatic carbocycles. The molecule has 130 valence electrons. The molecular weight excluding hydrogens is 347 g/mol. The number of rotatable bonds is 6. The zero-order chi connectivity index (χ0) is 17.4. The number of aromatic amines is 1. The summed E-state index contributed by atoms with van der Waals surface area (Å²) in [5, 5.41) is 10.2. The van der Waals surface area contributed by atoms with Gasteiger partial charge in [0.1, 0.15) is 22.6 Å². The molecule has 2 N–H and O–H groups in total. The van der Waals surface area contributed by atoms with Crippen LogP contribution in [0.15, 0.2) is 41.3 Å². The predicted octanol–water partition coefficient (Wildman–Crippen LogP) is 2.69. The molecule has 0 unspecified atom stereocenters. The summed E-state index contributed by atoms with van der Waals surface area (Å²) in [5.41, 5.74) is 1.20. The van der Waals surface area contributed by atoms with Crippen molar-refractivity contribution < 1.29 is 17.5 Å². The zero-order valence-corrected chi connectivity index (χ0v) is 13.9. The number of hydrogen-bond donors (Lipinski definition) is 2. The van der Waals surface area contributed by atoms with Crippen molar-refractivity contribution in [2.45, 2.75) is 17.7 Å². The number of aromatic nitrogens is 3. The van der Waals surface area contributed by atoms with Crippen molar-refractivity contribution in [2.24, 2.45) is 5.92 Å². The number of ether oxygens (including phenoxy) is 1. The molecule has 3 aromatic rings. The smallest absolute Gasteiger partial charge is 0.262 e. The fourth-order valence-corrected chi connectivity index (χ4v) is 3.47. The van der Waals surface area contributed by atoms with Crippen molar-refractivity contribution in [2.75, 3.05) is 11.3 Å². The molecule has 0 aliphatic heterocycles. The molecule has 0 amide bonds. The average molecular weight is 362 g/mol. The summed E-state index contributed by atoms with van der Waals surface area (Å²) >= 11 is 0. The van der Waals surface area contributed by atoms with Gasteiger partial charge in [-0.1, -0.05) is 0 Å². The van der Waals surface area contributed by atoms with Crippen molar-refractivity contribution in [3.8, 4) is 5.75 Å². The van der Waals surface area contributed by atoms with Crippen LogP contribution in [0.4, 0.5) is 10.1 Å². The highest BCUT2D eigenvalue weighted by Crippen LogP contribution is 2.33. The molecular formula is C16H15FN4O3S. The van der Waals surface area contributed by atoms with Crippen LogP contribution in [0.1, 0.15) is 12.8 Å². The molecule has 0 atom stereocenters. The van der Waals surface area contributed by atoms with E-state index in [1.54, 1.807) is 6.07 Å². The van der Waals surface area contributed by atoms with Crippen LogP contribution < -0.4 is 9.46 Å². The SMILES string of the molecule is O=S(=O)(Nc1ccc(F)cc1OCC1CC1)c1ccc2n[nH]nc2c1. The molecule has 7 nitrogen and oxygen atoms in total. The lowest BCUT2D eigenvalue weighted by atomic mass is 10.3. The molecule has 1 aromatic heterocycles. The lowest BCUT2D eigenvalue weighted by Gasteiger charge is -2.13. The summed E-state index contributed by atoms with van der Waals surface area (Å²) in [6.07, 6.45) is 2.15. The molecule has 0 radical (unpaired) electrons. The summed E-state index contributed by atoms with van der Waals surface area (Å²) in [5.74, 6) is 0.151. The van der Waals surface area contributed by atoms with Crippen molar-refractivity contribution in [3.63, 3.8) is 0 Å². The van der Waals surface area contributed by atoms with Crippen LogP contribution >= 0.6 is 0 Å². The van der Waals surface area contributed by atoms with Crippen molar-refractivity contribution in [1.82, 2.24) is 15.4 Å². The number of anilines is 1. The van der Waals surface area contributed by atoms with Gasteiger partial charge in [0.15, 0.2) is 0 Å². The maximum absolute atomic E-state index is 13.5. The summed E-state index contributed by atoms with van der Waals surface area (Å²) < 4.78 is 46.8. The van der Waals surface area contributed by atoms with Crippen LogP contribution in [-0.4, -0.2) is 30.4 Å². The second kappa shape index (κ2) is 5.99. The van der Waals surface area contributed by atoms with Gasteiger partial charge in [-0.15, -0.1) is 0 Å². The Morgan fingerprint density at radius 3 is 2.76 bits per heavy atom. The number of fused-ring (bicyclic) bond motifs is 1. The van der Waals surface area contributed by atoms with Gasteiger partial charge in [0.2, 0.25) is 0 Å². The summed E-state index contributed by atoms with van der Waals surface area (Å²) in [4.78, 5) is 0.0337. The average Bonchev–Trinajstić information content (AvgIpc) is 3.29. The Kier molecular flexibility index (Phi) is 3.79. The van der Waals surface area contributed by atoms with Crippen LogP contribution in [-0.2, 0) is 10.0 Å². The Morgan fingerprint density at radius 1 is 1.16 bits per heavy atom. The quantitative estimate of drug-likeness (QED) is 0.703. The summed E-state index contributed by atoms with van der Waals surface area (Å²) in [6.45, 7) is 0.447. The molecule has 1 heterocycles. The summed E-state index contributed by atoms with van der Waals surface area (Å²) in [6, 6.07) is 8.12. The van der Waals surface area contributed by atoms with E-state index in [-0.39, 0.29) is 16.3 Å². The fourth-order valence-electron chi connectivity index (χ4n) is 2.38. The van der Waals surface area contributed by atoms with E-state index in [4.69, 9.17) is 4.74 Å². The van der Waals surface area contributed by atoms with Gasteiger partial charge in [0.25, 0.3) is 10.0 Å². The Labute approximate surface area is 143 Å². The van der Waals surface area contributed by atoms with Crippen molar-refractivity contribution >= 4 is 26.7 Å². The minimum absolute atomic E-state index is 0.0337. The maximum atomic E-state index is 13.5. The van der Waals surface area contributed by atoms with Gasteiger partial charge in [-0.05, 0) is 49.1 Å². The Morgan fingerprint density at radius 2 is 1.96 bits per heavy atom. The van der Waals surface area contributed by atoms with Crippen LogP contribution in [0.5, 0.6) is 5.75 Å². The van der Waals surface area contributed by atoms with E-state index in [1.807, 2.05) is 0 Å². The zero-order valence-electron chi connectivity index (χ0n) is 13.1. The van der Waals surface area contributed by atoms with Gasteiger partial charge >= 0.3 is 0 Å². The third-order valence-corrected chi connectivity index (χ3v) is 5.32. The topological polar surface area (TPSA) is 97.0 Å². The van der Waals surface area contributed by atoms with E-state index in [9.17, 15) is 12.8 Å². The largest absolute Gasteiger partial charge is 0.491 e. The molecule has 1 fully saturated rings. The Hall–Kier alpha value is -2.68. The highest BCUT2D eigenvalue weighted by Gasteiger charge is 2.23. The second-order valence-corrected chi connectivity index (χ2v) is 7.66. The Bertz CT molecular complexity index is 1030. The predicted molar refractivity (Wildman–Crippen MR) is 89.3 cm³/mol. The molecule has 1 aliphatic carbocycles. The van der Waals surface area contributed by atoms with Gasteiger partial charge in [-0.2, -0.15) is 15.4 Å². The molecule has 0 bridgehead atoms. The third kappa shape index (κ3) is 3.41. The first-order chi connectivity index (χ1) is 12.0. The molecule has 4 rings (SSSR count). The van der Waals surface area contributed by atoms with Crippen LogP contribution in [0.2, 0.25) is 0 Å². The molecule has 25 heavy (non-hydrogen) atoms. The van der Waals surface area contributed by atoms with Gasteiger partial charge in [-0.3, -0.25) is 4.72 Å². The third-order valence-electron chi connectivity index (χ3n) is 3.96. The summed E-state index contributed by atoms with van der Waals surface area (Å²) in [7, 11) is -3.88. The van der Waals surface area contributed by atoms with E-state index in [0.717, 1.165) is 12.8 Å². The Balaban J connectivity index is 1.63. The minimum atomic E-state index is -3.88. The number of hydrogen-bond acceptors (Lipinski definition) is 5. The molecule has 1 aliphatic rings. The van der Waals surface area contributed by atoms with E-state index in [1.165, 1.54) is 30.3 Å². The van der Waals surface area contributed by atoms with E-state index in [2.05, 4.69) is 20.1 Å². The minimum Gasteiger partial charge on any atom is -0.491 e. The van der Waals surface area contributed by atoms with Gasteiger partial charge in [0.05, 0.1) is 17.2 Å². The molecule has 9 heteroatoms. The monoisotopic (exact) mass is 362 g/mol. The number of benzene rings is 2. The first-order valence-corrected chi connectivity index (χ1v) is 9.25. The highest BCUT2D eigenvalue weighted by atomic mass is 32.2. The van der Waals surface area contributed by atoms with E-state index >= 15 is 0 Å². The number of nitrogens with zero attached hydrogens (tertiary/aromatic N) is 2. The fraction of sp³-hybridized carbons (Fsp3) is 0.250. The maximum Gasteiger partial charge on any atom is 0.262 e. The van der Waals surface area contributed by atoms with E-state index in [0.29, 0.717) is 23.6 Å². The van der Waals surface area contributed by atoms with Gasteiger partial charge < -0.3 is 4.74 Å². The first kappa shape index (κ1) is 15.8. The van der Waals surface area contributed by atoms with Gasteiger partial charge in [-0.25, -0.2) is 12.8 Å². The normalized spacial score (nSPS) is 14.6. The first-order valence-electron chi connectivity index (χ1n) is 7.77. The standard InChI is InChI=1S/C16H15FN4O3S/c17-11-3-5-14(16(7-11)24-9-10-1-2-10)20-25(22,23)12-4-6-13-15(8-12)19-21-18-13/h3-8,10,20H,1-2,9H2,(H,18,19,21). The molecule has 0 saturated heterocycles. The van der Waals surface area contributed by atoms with E-state index < -0.39 is 15.8 Å². The molecule has 1 saturated carbocycles. The lowest BCUT2D eigenvalue weighted by molar-refractivity contribution is 0.300. The number of nitrogens with one attached hydrogen (secondary N) is 2. The number of sulfonamides is 1. The second-order valence-electron chi connectivity index (χ2n) is 5.97.